The smallest absolute Gasteiger partial charge is 0.240 e. The van der Waals surface area contributed by atoms with E-state index >= 15 is 0 Å². The second kappa shape index (κ2) is 6.82. The van der Waals surface area contributed by atoms with Crippen LogP contribution in [0.15, 0.2) is 27.2 Å². The summed E-state index contributed by atoms with van der Waals surface area (Å²) in [6, 6.07) is 5.73. The molecular weight excluding hydrogens is 336 g/mol. The van der Waals surface area contributed by atoms with Crippen molar-refractivity contribution >= 4 is 27.5 Å². The third kappa shape index (κ3) is 4.64. The van der Waals surface area contributed by atoms with Crippen molar-refractivity contribution < 1.29 is 9.32 Å². The fraction of sp³-hybridized carbons (Fsp3) is 0.357. The summed E-state index contributed by atoms with van der Waals surface area (Å²) in [5.41, 5.74) is 1.82. The lowest BCUT2D eigenvalue weighted by atomic mass is 10.2. The van der Waals surface area contributed by atoms with E-state index in [1.165, 1.54) is 0 Å². The zero-order valence-corrected chi connectivity index (χ0v) is 13.8. The minimum absolute atomic E-state index is 0.0841. The van der Waals surface area contributed by atoms with Crippen molar-refractivity contribution in [1.29, 1.82) is 0 Å². The fourth-order valence-electron chi connectivity index (χ4n) is 1.89. The molecule has 1 N–H and O–H groups in total. The largest absolute Gasteiger partial charge is 0.338 e. The standard InChI is InChI=1S/C14H17BrN4O2/c1-9-6-11(15)4-5-12(9)17-13(20)7-19(3)8-14-16-10(2)18-21-14/h4-6H,7-8H2,1-3H3,(H,17,20). The molecule has 0 spiro atoms. The number of nitrogens with zero attached hydrogens (tertiary/aromatic N) is 3. The first kappa shape index (κ1) is 15.7. The molecule has 0 aliphatic carbocycles. The second-order valence-corrected chi connectivity index (χ2v) is 5.83. The van der Waals surface area contributed by atoms with Crippen LogP contribution in [0.5, 0.6) is 0 Å². The molecule has 1 aromatic carbocycles. The minimum Gasteiger partial charge on any atom is -0.338 e. The molecule has 7 heteroatoms. The summed E-state index contributed by atoms with van der Waals surface area (Å²) in [6.07, 6.45) is 0. The molecule has 0 bridgehead atoms. The second-order valence-electron chi connectivity index (χ2n) is 4.92. The number of nitrogens with one attached hydrogen (secondary N) is 1. The Bertz CT molecular complexity index is 642. The molecule has 1 amide bonds. The number of amides is 1. The maximum Gasteiger partial charge on any atom is 0.240 e. The van der Waals surface area contributed by atoms with Crippen molar-refractivity contribution in [2.45, 2.75) is 20.4 Å². The summed E-state index contributed by atoms with van der Waals surface area (Å²) in [4.78, 5) is 17.9. The van der Waals surface area contributed by atoms with Gasteiger partial charge in [0.2, 0.25) is 11.8 Å². The quantitative estimate of drug-likeness (QED) is 0.894. The molecule has 0 atom stereocenters. The topological polar surface area (TPSA) is 71.3 Å². The monoisotopic (exact) mass is 352 g/mol. The molecule has 6 nitrogen and oxygen atoms in total. The van der Waals surface area contributed by atoms with Gasteiger partial charge in [-0.1, -0.05) is 21.1 Å². The Kier molecular flexibility index (Phi) is 5.08. The predicted molar refractivity (Wildman–Crippen MR) is 82.9 cm³/mol. The van der Waals surface area contributed by atoms with E-state index in [0.717, 1.165) is 15.7 Å². The van der Waals surface area contributed by atoms with Gasteiger partial charge in [-0.25, -0.2) is 0 Å². The highest BCUT2D eigenvalue weighted by molar-refractivity contribution is 9.10. The minimum atomic E-state index is -0.0841. The van der Waals surface area contributed by atoms with Crippen LogP contribution in [0.4, 0.5) is 5.69 Å². The van der Waals surface area contributed by atoms with Crippen LogP contribution in [0.25, 0.3) is 0 Å². The van der Waals surface area contributed by atoms with Crippen LogP contribution in [-0.2, 0) is 11.3 Å². The summed E-state index contributed by atoms with van der Waals surface area (Å²) in [7, 11) is 1.83. The Labute approximate surface area is 131 Å². The molecule has 1 heterocycles. The van der Waals surface area contributed by atoms with Crippen LogP contribution in [-0.4, -0.2) is 34.5 Å². The number of likely N-dealkylation sites (N-methyl/N-ethyl adjacent to an activating group) is 1. The van der Waals surface area contributed by atoms with Gasteiger partial charge in [0.1, 0.15) is 0 Å². The van der Waals surface area contributed by atoms with Crippen molar-refractivity contribution in [3.05, 3.63) is 40.0 Å². The molecule has 2 aromatic rings. The number of carbonyl (C=O) groups excluding carboxylic acids is 1. The van der Waals surface area contributed by atoms with E-state index in [1.54, 1.807) is 6.92 Å². The first-order chi connectivity index (χ1) is 9.94. The summed E-state index contributed by atoms with van der Waals surface area (Å²) >= 11 is 3.40. The Morgan fingerprint density at radius 2 is 2.19 bits per heavy atom. The zero-order chi connectivity index (χ0) is 15.4. The Balaban J connectivity index is 1.89. The van der Waals surface area contributed by atoms with Gasteiger partial charge in [0.25, 0.3) is 0 Å². The van der Waals surface area contributed by atoms with E-state index < -0.39 is 0 Å². The summed E-state index contributed by atoms with van der Waals surface area (Å²) in [5, 5.41) is 6.61. The molecule has 0 aliphatic rings. The number of rotatable bonds is 5. The Morgan fingerprint density at radius 1 is 1.43 bits per heavy atom. The molecule has 0 aliphatic heterocycles. The van der Waals surface area contributed by atoms with Crippen molar-refractivity contribution in [2.75, 3.05) is 18.9 Å². The highest BCUT2D eigenvalue weighted by Gasteiger charge is 2.11. The Morgan fingerprint density at radius 3 is 2.81 bits per heavy atom. The van der Waals surface area contributed by atoms with Gasteiger partial charge in [0, 0.05) is 10.2 Å². The number of anilines is 1. The van der Waals surface area contributed by atoms with Crippen molar-refractivity contribution in [1.82, 2.24) is 15.0 Å². The van der Waals surface area contributed by atoms with Crippen LogP contribution in [0.3, 0.4) is 0 Å². The lowest BCUT2D eigenvalue weighted by Gasteiger charge is -2.15. The van der Waals surface area contributed by atoms with Gasteiger partial charge in [0.05, 0.1) is 13.1 Å². The van der Waals surface area contributed by atoms with Gasteiger partial charge in [-0.05, 0) is 44.7 Å². The summed E-state index contributed by atoms with van der Waals surface area (Å²) < 4.78 is 6.02. The molecule has 0 radical (unpaired) electrons. The maximum atomic E-state index is 12.0. The lowest BCUT2D eigenvalue weighted by molar-refractivity contribution is -0.117. The van der Waals surface area contributed by atoms with Gasteiger partial charge < -0.3 is 9.84 Å². The van der Waals surface area contributed by atoms with Crippen LogP contribution in [0.2, 0.25) is 0 Å². The summed E-state index contributed by atoms with van der Waals surface area (Å²) in [6.45, 7) is 4.39. The van der Waals surface area contributed by atoms with Gasteiger partial charge in [-0.2, -0.15) is 4.98 Å². The van der Waals surface area contributed by atoms with Gasteiger partial charge >= 0.3 is 0 Å². The third-order valence-corrected chi connectivity index (χ3v) is 3.34. The molecular formula is C14H17BrN4O2. The lowest BCUT2D eigenvalue weighted by Crippen LogP contribution is -2.30. The van der Waals surface area contributed by atoms with Crippen LogP contribution in [0, 0.1) is 13.8 Å². The zero-order valence-electron chi connectivity index (χ0n) is 12.2. The average Bonchev–Trinajstić information content (AvgIpc) is 2.78. The normalized spacial score (nSPS) is 10.9. The molecule has 0 saturated carbocycles. The molecule has 1 aromatic heterocycles. The van der Waals surface area contributed by atoms with E-state index in [-0.39, 0.29) is 12.5 Å². The first-order valence-corrected chi connectivity index (χ1v) is 7.27. The number of hydrogen-bond acceptors (Lipinski definition) is 5. The summed E-state index contributed by atoms with van der Waals surface area (Å²) in [5.74, 6) is 1.01. The van der Waals surface area contributed by atoms with E-state index in [0.29, 0.717) is 18.3 Å². The van der Waals surface area contributed by atoms with E-state index in [4.69, 9.17) is 4.52 Å². The van der Waals surface area contributed by atoms with Crippen molar-refractivity contribution in [3.8, 4) is 0 Å². The van der Waals surface area contributed by atoms with Crippen LogP contribution >= 0.6 is 15.9 Å². The van der Waals surface area contributed by atoms with Gasteiger partial charge in [-0.3, -0.25) is 9.69 Å². The van der Waals surface area contributed by atoms with Crippen molar-refractivity contribution in [2.24, 2.45) is 0 Å². The molecule has 112 valence electrons. The van der Waals surface area contributed by atoms with Crippen LogP contribution in [0.1, 0.15) is 17.3 Å². The fourth-order valence-corrected chi connectivity index (χ4v) is 2.37. The highest BCUT2D eigenvalue weighted by atomic mass is 79.9. The number of carbonyl (C=O) groups is 1. The van der Waals surface area contributed by atoms with Gasteiger partial charge in [0.15, 0.2) is 5.82 Å². The van der Waals surface area contributed by atoms with Gasteiger partial charge in [-0.15, -0.1) is 0 Å². The maximum absolute atomic E-state index is 12.0. The van der Waals surface area contributed by atoms with E-state index in [9.17, 15) is 4.79 Å². The van der Waals surface area contributed by atoms with Crippen LogP contribution < -0.4 is 5.32 Å². The van der Waals surface area contributed by atoms with E-state index in [1.807, 2.05) is 37.1 Å². The molecule has 21 heavy (non-hydrogen) atoms. The molecule has 0 fully saturated rings. The number of benzene rings is 1. The molecule has 2 rings (SSSR count). The predicted octanol–water partition coefficient (Wildman–Crippen LogP) is 2.52. The molecule has 0 saturated heterocycles. The Hall–Kier alpha value is -1.73. The van der Waals surface area contributed by atoms with Crippen molar-refractivity contribution in [3.63, 3.8) is 0 Å². The number of hydrogen-bond donors (Lipinski definition) is 1. The van der Waals surface area contributed by atoms with E-state index in [2.05, 4.69) is 31.4 Å². The third-order valence-electron chi connectivity index (χ3n) is 2.85. The first-order valence-electron chi connectivity index (χ1n) is 6.48. The SMILES string of the molecule is Cc1noc(CN(C)CC(=O)Nc2ccc(Br)cc2C)n1. The number of aryl methyl sites for hydroxylation is 2. The number of halogens is 1. The average molecular weight is 353 g/mol. The number of aromatic nitrogens is 2. The molecule has 0 unspecified atom stereocenters. The highest BCUT2D eigenvalue weighted by Crippen LogP contribution is 2.19.